The highest BCUT2D eigenvalue weighted by Crippen LogP contribution is 2.31. The topological polar surface area (TPSA) is 92.5 Å². The van der Waals surface area contributed by atoms with Crippen molar-refractivity contribution in [2.45, 2.75) is 5.37 Å². The van der Waals surface area contributed by atoms with Crippen molar-refractivity contribution < 1.29 is 13.2 Å². The number of benzene rings is 1. The van der Waals surface area contributed by atoms with Crippen LogP contribution in [0.3, 0.4) is 0 Å². The minimum Gasteiger partial charge on any atom is -0.397 e. The quantitative estimate of drug-likeness (QED) is 0.787. The van der Waals surface area contributed by atoms with Gasteiger partial charge in [-0.15, -0.1) is 0 Å². The molecule has 1 heterocycles. The molecule has 1 amide bonds. The summed E-state index contributed by atoms with van der Waals surface area (Å²) >= 11 is 1.62. The van der Waals surface area contributed by atoms with E-state index < -0.39 is 15.2 Å². The molecule has 1 aromatic rings. The number of amides is 1. The van der Waals surface area contributed by atoms with Gasteiger partial charge in [-0.2, -0.15) is 11.8 Å². The van der Waals surface area contributed by atoms with E-state index in [4.69, 9.17) is 5.73 Å². The Labute approximate surface area is 129 Å². The van der Waals surface area contributed by atoms with Gasteiger partial charge in [0.2, 0.25) is 0 Å². The zero-order valence-corrected chi connectivity index (χ0v) is 13.6. The Morgan fingerprint density at radius 1 is 1.48 bits per heavy atom. The van der Waals surface area contributed by atoms with Gasteiger partial charge in [-0.1, -0.05) is 0 Å². The van der Waals surface area contributed by atoms with Crippen molar-refractivity contribution in [2.24, 2.45) is 0 Å². The van der Waals surface area contributed by atoms with Crippen molar-refractivity contribution in [1.29, 1.82) is 0 Å². The summed E-state index contributed by atoms with van der Waals surface area (Å²) in [6.45, 7) is 0.617. The van der Waals surface area contributed by atoms with Crippen molar-refractivity contribution in [3.63, 3.8) is 0 Å². The molecule has 3 N–H and O–H groups in total. The van der Waals surface area contributed by atoms with Crippen LogP contribution in [0.2, 0.25) is 0 Å². The van der Waals surface area contributed by atoms with Gasteiger partial charge in [0.15, 0.2) is 9.84 Å². The Balaban J connectivity index is 2.38. The van der Waals surface area contributed by atoms with Crippen LogP contribution in [0.5, 0.6) is 0 Å². The molecule has 0 radical (unpaired) electrons. The van der Waals surface area contributed by atoms with E-state index in [1.165, 1.54) is 6.26 Å². The predicted octanol–water partition coefficient (Wildman–Crippen LogP) is 0.552. The lowest BCUT2D eigenvalue weighted by Gasteiger charge is -2.36. The molecular formula is C13H19N3O3S2. The number of rotatable bonds is 3. The van der Waals surface area contributed by atoms with Crippen LogP contribution in [-0.4, -0.2) is 51.1 Å². The molecule has 1 fully saturated rings. The van der Waals surface area contributed by atoms with Gasteiger partial charge in [0.1, 0.15) is 5.37 Å². The summed E-state index contributed by atoms with van der Waals surface area (Å²) in [5.74, 6) is 1.15. The molecule has 0 spiro atoms. The number of hydrogen-bond donors (Lipinski definition) is 2. The molecule has 6 nitrogen and oxygen atoms in total. The second-order valence-electron chi connectivity index (χ2n) is 4.91. The van der Waals surface area contributed by atoms with E-state index in [0.29, 0.717) is 29.2 Å². The Morgan fingerprint density at radius 3 is 2.76 bits per heavy atom. The molecule has 2 rings (SSSR count). The van der Waals surface area contributed by atoms with E-state index >= 15 is 0 Å². The van der Waals surface area contributed by atoms with Crippen molar-refractivity contribution >= 4 is 38.9 Å². The summed E-state index contributed by atoms with van der Waals surface area (Å²) in [7, 11) is -1.65. The standard InChI is InChI=1S/C13H19N3O3S2/c1-15-13(17)9-3-4-11(10(14)7-9)16-5-6-20-8-12(16)21(2,18)19/h3-4,7,12H,5-6,8,14H2,1-2H3,(H,15,17). The Morgan fingerprint density at radius 2 is 2.19 bits per heavy atom. The largest absolute Gasteiger partial charge is 0.397 e. The van der Waals surface area contributed by atoms with E-state index in [1.54, 1.807) is 37.0 Å². The van der Waals surface area contributed by atoms with E-state index in [2.05, 4.69) is 5.32 Å². The maximum Gasteiger partial charge on any atom is 0.251 e. The summed E-state index contributed by atoms with van der Waals surface area (Å²) in [5.41, 5.74) is 7.56. The molecule has 8 heteroatoms. The fourth-order valence-corrected chi connectivity index (χ4v) is 5.15. The number of nitrogens with one attached hydrogen (secondary N) is 1. The second-order valence-corrected chi connectivity index (χ2v) is 8.26. The minimum absolute atomic E-state index is 0.220. The Kier molecular flexibility index (Phi) is 4.67. The summed E-state index contributed by atoms with van der Waals surface area (Å²) < 4.78 is 23.9. The van der Waals surface area contributed by atoms with E-state index in [0.717, 1.165) is 5.75 Å². The van der Waals surface area contributed by atoms with Gasteiger partial charge in [0, 0.05) is 36.9 Å². The number of hydrogen-bond acceptors (Lipinski definition) is 6. The van der Waals surface area contributed by atoms with Gasteiger partial charge in [0.25, 0.3) is 5.91 Å². The minimum atomic E-state index is -3.20. The maximum atomic E-state index is 11.9. The second kappa shape index (κ2) is 6.15. The zero-order chi connectivity index (χ0) is 15.6. The fraction of sp³-hybridized carbons (Fsp3) is 0.462. The zero-order valence-electron chi connectivity index (χ0n) is 12.0. The first kappa shape index (κ1) is 16.0. The number of carbonyl (C=O) groups is 1. The Hall–Kier alpha value is -1.41. The molecule has 0 bridgehead atoms. The smallest absolute Gasteiger partial charge is 0.251 e. The van der Waals surface area contributed by atoms with E-state index in [9.17, 15) is 13.2 Å². The first-order valence-corrected chi connectivity index (χ1v) is 9.60. The molecule has 0 saturated carbocycles. The highest BCUT2D eigenvalue weighted by atomic mass is 32.2. The molecule has 0 aliphatic carbocycles. The lowest BCUT2D eigenvalue weighted by Crippen LogP contribution is -2.47. The molecule has 0 aromatic heterocycles. The number of nitrogens with two attached hydrogens (primary N) is 1. The van der Waals surface area contributed by atoms with Crippen LogP contribution in [0.15, 0.2) is 18.2 Å². The van der Waals surface area contributed by atoms with Crippen molar-refractivity contribution in [3.05, 3.63) is 23.8 Å². The van der Waals surface area contributed by atoms with Crippen LogP contribution < -0.4 is 16.0 Å². The summed E-state index contributed by atoms with van der Waals surface area (Å²) in [6, 6.07) is 4.95. The van der Waals surface area contributed by atoms with E-state index in [1.807, 2.05) is 4.90 Å². The molecule has 116 valence electrons. The van der Waals surface area contributed by atoms with Crippen LogP contribution in [0.1, 0.15) is 10.4 Å². The molecule has 1 aromatic carbocycles. The third-order valence-electron chi connectivity index (χ3n) is 3.41. The Bertz CT molecular complexity index is 646. The van der Waals surface area contributed by atoms with Crippen molar-refractivity contribution in [3.8, 4) is 0 Å². The average Bonchev–Trinajstić information content (AvgIpc) is 2.45. The van der Waals surface area contributed by atoms with Gasteiger partial charge >= 0.3 is 0 Å². The molecule has 1 aliphatic heterocycles. The lowest BCUT2D eigenvalue weighted by atomic mass is 10.1. The summed E-state index contributed by atoms with van der Waals surface area (Å²) in [4.78, 5) is 13.4. The number of nitrogens with zero attached hydrogens (tertiary/aromatic N) is 1. The molecule has 1 aliphatic rings. The number of anilines is 2. The average molecular weight is 329 g/mol. The molecule has 1 unspecified atom stereocenters. The molecular weight excluding hydrogens is 310 g/mol. The van der Waals surface area contributed by atoms with Gasteiger partial charge in [-0.25, -0.2) is 8.42 Å². The van der Waals surface area contributed by atoms with E-state index in [-0.39, 0.29) is 5.91 Å². The fourth-order valence-electron chi connectivity index (χ4n) is 2.31. The highest BCUT2D eigenvalue weighted by Gasteiger charge is 2.32. The summed E-state index contributed by atoms with van der Waals surface area (Å²) in [5, 5.41) is 1.95. The maximum absolute atomic E-state index is 11.9. The van der Waals surface area contributed by atoms with Crippen LogP contribution >= 0.6 is 11.8 Å². The van der Waals surface area contributed by atoms with Crippen LogP contribution in [0.4, 0.5) is 11.4 Å². The lowest BCUT2D eigenvalue weighted by molar-refractivity contribution is 0.0963. The number of sulfone groups is 1. The monoisotopic (exact) mass is 329 g/mol. The van der Waals surface area contributed by atoms with Gasteiger partial charge < -0.3 is 16.0 Å². The van der Waals surface area contributed by atoms with Gasteiger partial charge in [-0.3, -0.25) is 4.79 Å². The first-order chi connectivity index (χ1) is 9.84. The third-order valence-corrected chi connectivity index (χ3v) is 6.05. The normalized spacial score (nSPS) is 19.3. The number of thioether (sulfide) groups is 1. The van der Waals surface area contributed by atoms with Crippen LogP contribution in [0, 0.1) is 0 Å². The predicted molar refractivity (Wildman–Crippen MR) is 87.5 cm³/mol. The van der Waals surface area contributed by atoms with Crippen LogP contribution in [-0.2, 0) is 9.84 Å². The molecule has 1 saturated heterocycles. The summed E-state index contributed by atoms with van der Waals surface area (Å²) in [6.07, 6.45) is 1.24. The van der Waals surface area contributed by atoms with Crippen molar-refractivity contribution in [2.75, 3.05) is 42.0 Å². The molecule has 1 atom stereocenters. The third kappa shape index (κ3) is 3.44. The number of nitrogen functional groups attached to an aromatic ring is 1. The van der Waals surface area contributed by atoms with Crippen LogP contribution in [0.25, 0.3) is 0 Å². The van der Waals surface area contributed by atoms with Gasteiger partial charge in [-0.05, 0) is 18.2 Å². The van der Waals surface area contributed by atoms with Gasteiger partial charge in [0.05, 0.1) is 11.4 Å². The highest BCUT2D eigenvalue weighted by molar-refractivity contribution is 8.01. The first-order valence-electron chi connectivity index (χ1n) is 6.49. The molecule has 21 heavy (non-hydrogen) atoms. The SMILES string of the molecule is CNC(=O)c1ccc(N2CCSCC2S(C)(=O)=O)c(N)c1. The van der Waals surface area contributed by atoms with Crippen molar-refractivity contribution in [1.82, 2.24) is 5.32 Å². The number of carbonyl (C=O) groups excluding carboxylic acids is 1.